The Morgan fingerprint density at radius 2 is 1.50 bits per heavy atom. The molecule has 5 heteroatoms. The first-order valence-corrected chi connectivity index (χ1v) is 9.00. The lowest BCUT2D eigenvalue weighted by Gasteiger charge is -2.22. The van der Waals surface area contributed by atoms with Gasteiger partial charge >= 0.3 is 0 Å². The number of thiocarbonyl (C=S) groups is 1. The lowest BCUT2D eigenvalue weighted by Crippen LogP contribution is -2.37. The minimum Gasteiger partial charge on any atom is -0.359 e. The van der Waals surface area contributed by atoms with Gasteiger partial charge in [0.1, 0.15) is 5.82 Å². The Hall–Kier alpha value is -2.43. The van der Waals surface area contributed by atoms with Gasteiger partial charge in [0.15, 0.2) is 5.11 Å². The number of hydrogen-bond donors (Lipinski definition) is 2. The summed E-state index contributed by atoms with van der Waals surface area (Å²) in [4.78, 5) is 0. The maximum Gasteiger partial charge on any atom is 0.167 e. The van der Waals surface area contributed by atoms with Crippen molar-refractivity contribution < 1.29 is 4.39 Å². The van der Waals surface area contributed by atoms with Crippen molar-refractivity contribution in [2.45, 2.75) is 12.6 Å². The molecule has 3 rings (SSSR count). The third-order valence-corrected chi connectivity index (χ3v) is 4.53. The van der Waals surface area contributed by atoms with Crippen LogP contribution in [0.15, 0.2) is 78.9 Å². The first-order chi connectivity index (χ1) is 12.6. The summed E-state index contributed by atoms with van der Waals surface area (Å²) in [5.41, 5.74) is 3.09. The zero-order valence-electron chi connectivity index (χ0n) is 14.0. The Labute approximate surface area is 163 Å². The molecule has 0 aromatic heterocycles. The van der Waals surface area contributed by atoms with Crippen LogP contribution in [0.2, 0.25) is 5.02 Å². The quantitative estimate of drug-likeness (QED) is 0.589. The summed E-state index contributed by atoms with van der Waals surface area (Å²) < 4.78 is 13.3. The van der Waals surface area contributed by atoms with Crippen molar-refractivity contribution in [2.24, 2.45) is 0 Å². The third kappa shape index (κ3) is 4.81. The van der Waals surface area contributed by atoms with Crippen molar-refractivity contribution >= 4 is 28.9 Å². The topological polar surface area (TPSA) is 24.1 Å². The van der Waals surface area contributed by atoms with Crippen molar-refractivity contribution in [3.8, 4) is 0 Å². The van der Waals surface area contributed by atoms with E-state index >= 15 is 0 Å². The van der Waals surface area contributed by atoms with Gasteiger partial charge in [-0.05, 0) is 41.0 Å². The largest absolute Gasteiger partial charge is 0.359 e. The minimum absolute atomic E-state index is 0.0609. The molecular weight excluding hydrogens is 367 g/mol. The second-order valence-electron chi connectivity index (χ2n) is 5.83. The van der Waals surface area contributed by atoms with Crippen LogP contribution in [0.5, 0.6) is 0 Å². The van der Waals surface area contributed by atoms with Crippen molar-refractivity contribution in [1.82, 2.24) is 10.6 Å². The molecule has 2 nitrogen and oxygen atoms in total. The molecule has 0 unspecified atom stereocenters. The molecule has 0 radical (unpaired) electrons. The van der Waals surface area contributed by atoms with Gasteiger partial charge in [0, 0.05) is 6.54 Å². The fraction of sp³-hybridized carbons (Fsp3) is 0.0952. The fourth-order valence-corrected chi connectivity index (χ4v) is 3.06. The Balaban J connectivity index is 1.70. The number of benzene rings is 3. The van der Waals surface area contributed by atoms with Crippen molar-refractivity contribution in [1.29, 1.82) is 0 Å². The summed E-state index contributed by atoms with van der Waals surface area (Å²) in [5, 5.41) is 7.14. The Kier molecular flexibility index (Phi) is 6.21. The summed E-state index contributed by atoms with van der Waals surface area (Å²) in [6.45, 7) is 0.460. The smallest absolute Gasteiger partial charge is 0.167 e. The van der Waals surface area contributed by atoms with Gasteiger partial charge in [0.25, 0.3) is 0 Å². The minimum atomic E-state index is -0.427. The third-order valence-electron chi connectivity index (χ3n) is 3.98. The number of halogens is 2. The first-order valence-electron chi connectivity index (χ1n) is 8.21. The van der Waals surface area contributed by atoms with E-state index in [-0.39, 0.29) is 11.1 Å². The monoisotopic (exact) mass is 384 g/mol. The van der Waals surface area contributed by atoms with Gasteiger partial charge in [0.2, 0.25) is 0 Å². The SMILES string of the molecule is Fc1ccc(CNC(=S)NC(c2ccccc2)c2ccccc2)cc1Cl. The van der Waals surface area contributed by atoms with Crippen LogP contribution in [0, 0.1) is 5.82 Å². The highest BCUT2D eigenvalue weighted by atomic mass is 35.5. The summed E-state index contributed by atoms with van der Waals surface area (Å²) >= 11 is 11.3. The van der Waals surface area contributed by atoms with Crippen molar-refractivity contribution in [2.75, 3.05) is 0 Å². The fourth-order valence-electron chi connectivity index (χ4n) is 2.66. The Morgan fingerprint density at radius 3 is 2.04 bits per heavy atom. The summed E-state index contributed by atoms with van der Waals surface area (Å²) in [6.07, 6.45) is 0. The highest BCUT2D eigenvalue weighted by molar-refractivity contribution is 7.80. The number of hydrogen-bond acceptors (Lipinski definition) is 1. The molecule has 0 saturated carbocycles. The molecule has 0 saturated heterocycles. The van der Waals surface area contributed by atoms with E-state index in [1.807, 2.05) is 36.4 Å². The van der Waals surface area contributed by atoms with E-state index in [9.17, 15) is 4.39 Å². The first kappa shape index (κ1) is 18.4. The molecule has 132 valence electrons. The molecule has 0 aliphatic rings. The standard InChI is InChI=1S/C21H18ClFN2S/c22-18-13-15(11-12-19(18)23)14-24-21(26)25-20(16-7-3-1-4-8-16)17-9-5-2-6-10-17/h1-13,20H,14H2,(H2,24,25,26). The average molecular weight is 385 g/mol. The number of nitrogens with one attached hydrogen (secondary N) is 2. The van der Waals surface area contributed by atoms with Crippen LogP contribution in [-0.4, -0.2) is 5.11 Å². The molecule has 0 amide bonds. The molecule has 0 atom stereocenters. The van der Waals surface area contributed by atoms with Gasteiger partial charge in [-0.15, -0.1) is 0 Å². The lowest BCUT2D eigenvalue weighted by molar-refractivity contribution is 0.627. The predicted molar refractivity (Wildman–Crippen MR) is 109 cm³/mol. The maximum absolute atomic E-state index is 13.3. The molecule has 0 aliphatic heterocycles. The zero-order chi connectivity index (χ0) is 18.4. The highest BCUT2D eigenvalue weighted by Crippen LogP contribution is 2.21. The van der Waals surface area contributed by atoms with E-state index in [0.717, 1.165) is 16.7 Å². The molecule has 2 N–H and O–H groups in total. The van der Waals surface area contributed by atoms with Gasteiger partial charge in [-0.2, -0.15) is 0 Å². The summed E-state index contributed by atoms with van der Waals surface area (Å²) in [6, 6.07) is 24.8. The van der Waals surface area contributed by atoms with Gasteiger partial charge in [-0.25, -0.2) is 4.39 Å². The molecule has 3 aromatic rings. The molecule has 26 heavy (non-hydrogen) atoms. The Morgan fingerprint density at radius 1 is 0.923 bits per heavy atom. The van der Waals surface area contributed by atoms with Crippen molar-refractivity contribution in [3.05, 3.63) is 106 Å². The van der Waals surface area contributed by atoms with E-state index < -0.39 is 5.82 Å². The summed E-state index contributed by atoms with van der Waals surface area (Å²) in [5.74, 6) is -0.427. The molecule has 3 aromatic carbocycles. The molecule has 0 fully saturated rings. The van der Waals surface area contributed by atoms with Crippen LogP contribution in [0.3, 0.4) is 0 Å². The molecule has 0 bridgehead atoms. The zero-order valence-corrected chi connectivity index (χ0v) is 15.5. The van der Waals surface area contributed by atoms with Gasteiger partial charge in [0.05, 0.1) is 11.1 Å². The molecular formula is C21H18ClFN2S. The van der Waals surface area contributed by atoms with E-state index in [1.54, 1.807) is 12.1 Å². The molecule has 0 spiro atoms. The van der Waals surface area contributed by atoms with Gasteiger partial charge < -0.3 is 10.6 Å². The van der Waals surface area contributed by atoms with Gasteiger partial charge in [-0.3, -0.25) is 0 Å². The van der Waals surface area contributed by atoms with Crippen LogP contribution in [0.4, 0.5) is 4.39 Å². The molecule has 0 heterocycles. The van der Waals surface area contributed by atoms with E-state index in [0.29, 0.717) is 11.7 Å². The van der Waals surface area contributed by atoms with E-state index in [4.69, 9.17) is 23.8 Å². The van der Waals surface area contributed by atoms with E-state index in [1.165, 1.54) is 6.07 Å². The van der Waals surface area contributed by atoms with Crippen LogP contribution in [-0.2, 0) is 6.54 Å². The second-order valence-corrected chi connectivity index (χ2v) is 6.65. The van der Waals surface area contributed by atoms with Crippen LogP contribution in [0.25, 0.3) is 0 Å². The Bertz CT molecular complexity index is 832. The maximum atomic E-state index is 13.3. The van der Waals surface area contributed by atoms with Crippen LogP contribution in [0.1, 0.15) is 22.7 Å². The summed E-state index contributed by atoms with van der Waals surface area (Å²) in [7, 11) is 0. The van der Waals surface area contributed by atoms with Crippen LogP contribution >= 0.6 is 23.8 Å². The average Bonchev–Trinajstić information content (AvgIpc) is 2.68. The normalized spacial score (nSPS) is 10.6. The predicted octanol–water partition coefficient (Wildman–Crippen LogP) is 5.23. The number of rotatable bonds is 5. The van der Waals surface area contributed by atoms with E-state index in [2.05, 4.69) is 34.9 Å². The van der Waals surface area contributed by atoms with Gasteiger partial charge in [-0.1, -0.05) is 78.3 Å². The van der Waals surface area contributed by atoms with Crippen molar-refractivity contribution in [3.63, 3.8) is 0 Å². The van der Waals surface area contributed by atoms with Crippen LogP contribution < -0.4 is 10.6 Å². The highest BCUT2D eigenvalue weighted by Gasteiger charge is 2.14. The second kappa shape index (κ2) is 8.79. The molecule has 0 aliphatic carbocycles. The lowest BCUT2D eigenvalue weighted by atomic mass is 9.99.